The van der Waals surface area contributed by atoms with E-state index in [1.165, 1.54) is 12.1 Å². The molecule has 4 aromatic carbocycles. The summed E-state index contributed by atoms with van der Waals surface area (Å²) in [6.07, 6.45) is 6.05. The molecule has 0 atom stereocenters. The minimum atomic E-state index is -0.958. The molecule has 2 saturated heterocycles. The number of amides is 2. The summed E-state index contributed by atoms with van der Waals surface area (Å²) in [5.74, 6) is 1.23. The number of benzene rings is 4. The van der Waals surface area contributed by atoms with E-state index in [9.17, 15) is 19.2 Å². The summed E-state index contributed by atoms with van der Waals surface area (Å²) in [5.41, 5.74) is 2.56. The van der Waals surface area contributed by atoms with Gasteiger partial charge in [0.25, 0.3) is 0 Å². The van der Waals surface area contributed by atoms with Crippen LogP contribution in [0.2, 0.25) is 0 Å². The average Bonchev–Trinajstić information content (AvgIpc) is 3.28. The number of nitrogens with zero attached hydrogens (tertiary/aromatic N) is 4. The molecular weight excluding hydrogens is 781 g/mol. The number of fused-ring (bicyclic) bond motifs is 2. The standard InChI is InChI=1S/C24H24N2O5.C23H22N2O5/c27-23(28)14-17-3-6-20(7-4-17)30-16-18-9-12-26(13-10-18)24(29)31-21-8-5-19-2-1-11-25-22(19)15-21;26-22(27)18-4-6-19(7-5-18)29-15-16-9-12-25(13-10-16)23(28)30-20-8-3-17-2-1-11-24-21(17)14-20/h1-8,11,15,18H,9-10,12-14,16H2,(H,27,28);1-8,11,14,16H,9-10,12-13,15H2,(H,26,27). The van der Waals surface area contributed by atoms with Crippen LogP contribution >= 0.6 is 0 Å². The number of aromatic carboxylic acids is 1. The molecule has 2 aliphatic heterocycles. The fraction of sp³-hybridized carbons (Fsp3) is 0.277. The molecule has 4 heterocycles. The third-order valence-electron chi connectivity index (χ3n) is 10.7. The van der Waals surface area contributed by atoms with Gasteiger partial charge in [-0.1, -0.05) is 24.3 Å². The summed E-state index contributed by atoms with van der Waals surface area (Å²) in [6.45, 7) is 3.56. The van der Waals surface area contributed by atoms with Crippen molar-refractivity contribution in [1.29, 1.82) is 0 Å². The smallest absolute Gasteiger partial charge is 0.415 e. The second-order valence-electron chi connectivity index (χ2n) is 15.0. The Balaban J connectivity index is 0.000000184. The van der Waals surface area contributed by atoms with E-state index in [1.807, 2.05) is 36.4 Å². The maximum absolute atomic E-state index is 12.5. The molecule has 14 heteroatoms. The number of aromatic nitrogens is 2. The Morgan fingerprint density at radius 3 is 1.41 bits per heavy atom. The third-order valence-corrected chi connectivity index (χ3v) is 10.7. The molecule has 0 saturated carbocycles. The highest BCUT2D eigenvalue weighted by molar-refractivity contribution is 5.87. The topological polar surface area (TPSA) is 178 Å². The minimum Gasteiger partial charge on any atom is -0.493 e. The largest absolute Gasteiger partial charge is 0.493 e. The number of aliphatic carboxylic acids is 1. The number of carbonyl (C=O) groups is 4. The van der Waals surface area contributed by atoms with Crippen LogP contribution in [0.25, 0.3) is 21.8 Å². The Bertz CT molecular complexity index is 2450. The summed E-state index contributed by atoms with van der Waals surface area (Å²) in [7, 11) is 0. The molecule has 61 heavy (non-hydrogen) atoms. The predicted molar refractivity (Wildman–Crippen MR) is 226 cm³/mol. The normalized spacial score (nSPS) is 14.4. The fourth-order valence-corrected chi connectivity index (χ4v) is 7.11. The lowest BCUT2D eigenvalue weighted by molar-refractivity contribution is -0.136. The van der Waals surface area contributed by atoms with Gasteiger partial charge in [-0.15, -0.1) is 0 Å². The number of hydrogen-bond acceptors (Lipinski definition) is 10. The number of carbonyl (C=O) groups excluding carboxylic acids is 2. The first-order chi connectivity index (χ1) is 29.6. The number of carboxylic acids is 2. The van der Waals surface area contributed by atoms with Crippen LogP contribution in [0, 0.1) is 11.8 Å². The van der Waals surface area contributed by atoms with Crippen LogP contribution in [0.15, 0.2) is 122 Å². The van der Waals surface area contributed by atoms with Crippen molar-refractivity contribution in [2.75, 3.05) is 39.4 Å². The molecule has 2 amide bonds. The monoisotopic (exact) mass is 826 g/mol. The van der Waals surface area contributed by atoms with Crippen molar-refractivity contribution >= 4 is 45.9 Å². The Labute approximate surface area is 352 Å². The van der Waals surface area contributed by atoms with Gasteiger partial charge in [-0.25, -0.2) is 14.4 Å². The maximum atomic E-state index is 12.5. The second-order valence-corrected chi connectivity index (χ2v) is 15.0. The second kappa shape index (κ2) is 20.2. The van der Waals surface area contributed by atoms with Gasteiger partial charge in [0.15, 0.2) is 0 Å². The summed E-state index contributed by atoms with van der Waals surface area (Å²) in [5, 5.41) is 19.8. The molecule has 0 unspecified atom stereocenters. The fourth-order valence-electron chi connectivity index (χ4n) is 7.11. The zero-order valence-electron chi connectivity index (χ0n) is 33.4. The van der Waals surface area contributed by atoms with E-state index < -0.39 is 11.9 Å². The van der Waals surface area contributed by atoms with Crippen molar-refractivity contribution in [3.63, 3.8) is 0 Å². The minimum absolute atomic E-state index is 0.00452. The number of hydrogen-bond donors (Lipinski definition) is 2. The van der Waals surface area contributed by atoms with Gasteiger partial charge in [-0.2, -0.15) is 0 Å². The van der Waals surface area contributed by atoms with Crippen molar-refractivity contribution in [3.8, 4) is 23.0 Å². The van der Waals surface area contributed by atoms with Crippen molar-refractivity contribution in [3.05, 3.63) is 133 Å². The number of rotatable bonds is 11. The van der Waals surface area contributed by atoms with Crippen LogP contribution in [0.1, 0.15) is 41.6 Å². The molecule has 2 N–H and O–H groups in total. The van der Waals surface area contributed by atoms with E-state index >= 15 is 0 Å². The molecule has 8 rings (SSSR count). The molecule has 314 valence electrons. The number of ether oxygens (including phenoxy) is 4. The molecule has 0 radical (unpaired) electrons. The average molecular weight is 827 g/mol. The van der Waals surface area contributed by atoms with Crippen LogP contribution < -0.4 is 18.9 Å². The quantitative estimate of drug-likeness (QED) is 0.128. The third kappa shape index (κ3) is 11.9. The Morgan fingerprint density at radius 1 is 0.557 bits per heavy atom. The molecule has 2 aromatic heterocycles. The van der Waals surface area contributed by atoms with Gasteiger partial charge in [0.1, 0.15) is 23.0 Å². The SMILES string of the molecule is O=C(O)Cc1ccc(OCC2CCN(C(=O)Oc3ccc4cccnc4c3)CC2)cc1.O=C(O)c1ccc(OCC2CCN(C(=O)Oc3ccc4cccnc4c3)CC2)cc1. The lowest BCUT2D eigenvalue weighted by atomic mass is 9.98. The van der Waals surface area contributed by atoms with E-state index in [1.54, 1.807) is 82.9 Å². The van der Waals surface area contributed by atoms with Gasteiger partial charge >= 0.3 is 24.1 Å². The molecule has 6 aromatic rings. The van der Waals surface area contributed by atoms with E-state index in [0.717, 1.165) is 58.8 Å². The van der Waals surface area contributed by atoms with Crippen molar-refractivity contribution in [2.45, 2.75) is 32.1 Å². The molecule has 0 bridgehead atoms. The highest BCUT2D eigenvalue weighted by Gasteiger charge is 2.26. The van der Waals surface area contributed by atoms with Crippen LogP contribution in [0.4, 0.5) is 9.59 Å². The van der Waals surface area contributed by atoms with Gasteiger partial charge < -0.3 is 39.0 Å². The first kappa shape index (κ1) is 41.9. The van der Waals surface area contributed by atoms with E-state index in [2.05, 4.69) is 9.97 Å². The number of likely N-dealkylation sites (tertiary alicyclic amines) is 2. The predicted octanol–water partition coefficient (Wildman–Crippen LogP) is 8.37. The lowest BCUT2D eigenvalue weighted by Crippen LogP contribution is -2.41. The van der Waals surface area contributed by atoms with E-state index in [-0.39, 0.29) is 24.2 Å². The summed E-state index contributed by atoms with van der Waals surface area (Å²) < 4.78 is 22.7. The zero-order valence-corrected chi connectivity index (χ0v) is 33.4. The molecule has 2 aliphatic rings. The van der Waals surface area contributed by atoms with Gasteiger partial charge in [0.2, 0.25) is 0 Å². The van der Waals surface area contributed by atoms with Gasteiger partial charge in [0.05, 0.1) is 36.2 Å². The van der Waals surface area contributed by atoms with E-state index in [0.29, 0.717) is 68.5 Å². The highest BCUT2D eigenvalue weighted by Crippen LogP contribution is 2.25. The van der Waals surface area contributed by atoms with Crippen molar-refractivity contribution in [1.82, 2.24) is 19.8 Å². The van der Waals surface area contributed by atoms with Crippen LogP contribution in [-0.2, 0) is 11.2 Å². The van der Waals surface area contributed by atoms with Gasteiger partial charge in [0, 0.05) is 61.5 Å². The van der Waals surface area contributed by atoms with Gasteiger partial charge in [-0.05, 0) is 116 Å². The maximum Gasteiger partial charge on any atom is 0.415 e. The van der Waals surface area contributed by atoms with Crippen LogP contribution in [-0.4, -0.2) is 93.5 Å². The number of carboxylic acid groups (broad SMARTS) is 2. The molecular formula is C47H46N4O10. The first-order valence-electron chi connectivity index (χ1n) is 20.2. The van der Waals surface area contributed by atoms with Crippen molar-refractivity contribution in [2.24, 2.45) is 11.8 Å². The summed E-state index contributed by atoms with van der Waals surface area (Å²) >= 11 is 0. The summed E-state index contributed by atoms with van der Waals surface area (Å²) in [4.78, 5) is 58.6. The highest BCUT2D eigenvalue weighted by atomic mass is 16.6. The van der Waals surface area contributed by atoms with E-state index in [4.69, 9.17) is 29.2 Å². The molecule has 2 fully saturated rings. The molecule has 0 aliphatic carbocycles. The van der Waals surface area contributed by atoms with Crippen LogP contribution in [0.5, 0.6) is 23.0 Å². The van der Waals surface area contributed by atoms with Crippen molar-refractivity contribution < 1.29 is 48.3 Å². The zero-order chi connectivity index (χ0) is 42.6. The number of pyridine rings is 2. The Hall–Kier alpha value is -7.22. The Morgan fingerprint density at radius 2 is 0.984 bits per heavy atom. The van der Waals surface area contributed by atoms with Crippen LogP contribution in [0.3, 0.4) is 0 Å². The molecule has 0 spiro atoms. The lowest BCUT2D eigenvalue weighted by Gasteiger charge is -2.31. The number of piperidine rings is 2. The first-order valence-corrected chi connectivity index (χ1v) is 20.2. The van der Waals surface area contributed by atoms with Gasteiger partial charge in [-0.3, -0.25) is 14.8 Å². The summed E-state index contributed by atoms with van der Waals surface area (Å²) in [6, 6.07) is 32.0. The Kier molecular flexibility index (Phi) is 13.9. The molecule has 14 nitrogen and oxygen atoms in total.